The molecule has 3 heteroatoms. The van der Waals surface area contributed by atoms with Gasteiger partial charge in [0.25, 0.3) is 0 Å². The summed E-state index contributed by atoms with van der Waals surface area (Å²) >= 11 is 1.81. The third kappa shape index (κ3) is 1.38. The Labute approximate surface area is 108 Å². The van der Waals surface area contributed by atoms with Crippen molar-refractivity contribution in [3.63, 3.8) is 0 Å². The SMILES string of the molecule is c1ccc2sc(-c3cccc4[nH]cnc34)cc2c1. The van der Waals surface area contributed by atoms with Gasteiger partial charge in [0, 0.05) is 15.1 Å². The highest BCUT2D eigenvalue weighted by Gasteiger charge is 2.08. The number of aromatic nitrogens is 2. The van der Waals surface area contributed by atoms with Gasteiger partial charge in [0.05, 0.1) is 17.4 Å². The number of thiophene rings is 1. The molecule has 0 bridgehead atoms. The second kappa shape index (κ2) is 3.68. The molecule has 4 rings (SSSR count). The van der Waals surface area contributed by atoms with Crippen molar-refractivity contribution >= 4 is 32.5 Å². The average Bonchev–Trinajstić information content (AvgIpc) is 3.04. The zero-order valence-corrected chi connectivity index (χ0v) is 10.4. The maximum atomic E-state index is 4.42. The Hall–Kier alpha value is -2.13. The smallest absolute Gasteiger partial charge is 0.0968 e. The number of hydrogen-bond donors (Lipinski definition) is 1. The summed E-state index contributed by atoms with van der Waals surface area (Å²) in [5, 5.41) is 1.30. The van der Waals surface area contributed by atoms with Gasteiger partial charge in [-0.25, -0.2) is 4.98 Å². The van der Waals surface area contributed by atoms with Crippen LogP contribution in [0.1, 0.15) is 0 Å². The standard InChI is InChI=1S/C15H10N2S/c1-2-7-13-10(4-1)8-14(18-13)11-5-3-6-12-15(11)17-9-16-12/h1-9H,(H,16,17). The molecular formula is C15H10N2S. The number of nitrogens with one attached hydrogen (secondary N) is 1. The van der Waals surface area contributed by atoms with Crippen molar-refractivity contribution in [2.75, 3.05) is 0 Å². The lowest BCUT2D eigenvalue weighted by molar-refractivity contribution is 1.34. The zero-order valence-electron chi connectivity index (χ0n) is 9.55. The van der Waals surface area contributed by atoms with E-state index in [1.54, 1.807) is 6.33 Å². The number of rotatable bonds is 1. The van der Waals surface area contributed by atoms with Gasteiger partial charge in [-0.1, -0.05) is 30.3 Å². The van der Waals surface area contributed by atoms with E-state index in [0.29, 0.717) is 0 Å². The lowest BCUT2D eigenvalue weighted by Crippen LogP contribution is -1.75. The highest BCUT2D eigenvalue weighted by molar-refractivity contribution is 7.22. The number of H-pyrrole nitrogens is 1. The first-order valence-corrected chi connectivity index (χ1v) is 6.64. The van der Waals surface area contributed by atoms with Gasteiger partial charge in [-0.2, -0.15) is 0 Å². The van der Waals surface area contributed by atoms with Crippen LogP contribution in [0.5, 0.6) is 0 Å². The third-order valence-corrected chi connectivity index (χ3v) is 4.29. The number of nitrogens with zero attached hydrogens (tertiary/aromatic N) is 1. The van der Waals surface area contributed by atoms with Crippen LogP contribution in [0.3, 0.4) is 0 Å². The first-order chi connectivity index (χ1) is 8.92. The van der Waals surface area contributed by atoms with E-state index in [0.717, 1.165) is 11.0 Å². The Balaban J connectivity index is 2.04. The van der Waals surface area contributed by atoms with Gasteiger partial charge in [0.15, 0.2) is 0 Å². The molecule has 0 aliphatic rings. The lowest BCUT2D eigenvalue weighted by Gasteiger charge is -1.97. The summed E-state index contributed by atoms with van der Waals surface area (Å²) in [5.41, 5.74) is 3.34. The van der Waals surface area contributed by atoms with Gasteiger partial charge in [-0.15, -0.1) is 11.3 Å². The molecule has 2 aromatic heterocycles. The van der Waals surface area contributed by atoms with Gasteiger partial charge in [0.2, 0.25) is 0 Å². The molecule has 4 aromatic rings. The van der Waals surface area contributed by atoms with Crippen LogP contribution in [0.4, 0.5) is 0 Å². The zero-order chi connectivity index (χ0) is 11.9. The topological polar surface area (TPSA) is 28.7 Å². The van der Waals surface area contributed by atoms with Crippen molar-refractivity contribution < 1.29 is 0 Å². The van der Waals surface area contributed by atoms with E-state index in [4.69, 9.17) is 0 Å². The predicted octanol–water partition coefficient (Wildman–Crippen LogP) is 4.44. The summed E-state index contributed by atoms with van der Waals surface area (Å²) in [6, 6.07) is 17.0. The van der Waals surface area contributed by atoms with E-state index < -0.39 is 0 Å². The van der Waals surface area contributed by atoms with Crippen molar-refractivity contribution in [3.05, 3.63) is 54.9 Å². The number of benzene rings is 2. The molecule has 0 aliphatic heterocycles. The molecule has 2 nitrogen and oxygen atoms in total. The second-order valence-corrected chi connectivity index (χ2v) is 5.34. The van der Waals surface area contributed by atoms with E-state index in [-0.39, 0.29) is 0 Å². The monoisotopic (exact) mass is 250 g/mol. The fraction of sp³-hybridized carbons (Fsp3) is 0. The minimum Gasteiger partial charge on any atom is -0.345 e. The average molecular weight is 250 g/mol. The fourth-order valence-corrected chi connectivity index (χ4v) is 3.37. The van der Waals surface area contributed by atoms with E-state index >= 15 is 0 Å². The molecule has 0 radical (unpaired) electrons. The van der Waals surface area contributed by atoms with Crippen LogP contribution in [0.15, 0.2) is 54.9 Å². The number of imidazole rings is 1. The van der Waals surface area contributed by atoms with Crippen LogP contribution in [-0.4, -0.2) is 9.97 Å². The van der Waals surface area contributed by atoms with Gasteiger partial charge < -0.3 is 4.98 Å². The highest BCUT2D eigenvalue weighted by atomic mass is 32.1. The van der Waals surface area contributed by atoms with Crippen molar-refractivity contribution in [2.24, 2.45) is 0 Å². The molecule has 2 heterocycles. The summed E-state index contributed by atoms with van der Waals surface area (Å²) in [4.78, 5) is 8.85. The normalized spacial score (nSPS) is 11.3. The van der Waals surface area contributed by atoms with Gasteiger partial charge in [-0.05, 0) is 23.6 Å². The van der Waals surface area contributed by atoms with Crippen LogP contribution >= 0.6 is 11.3 Å². The Bertz CT molecular complexity index is 809. The maximum Gasteiger partial charge on any atom is 0.0968 e. The van der Waals surface area contributed by atoms with Gasteiger partial charge in [0.1, 0.15) is 0 Å². The molecule has 0 aliphatic carbocycles. The van der Waals surface area contributed by atoms with Crippen LogP contribution in [0.25, 0.3) is 31.6 Å². The van der Waals surface area contributed by atoms with E-state index in [2.05, 4.69) is 58.5 Å². The first-order valence-electron chi connectivity index (χ1n) is 5.83. The first kappa shape index (κ1) is 9.85. The largest absolute Gasteiger partial charge is 0.345 e. The number of aromatic amines is 1. The van der Waals surface area contributed by atoms with E-state index in [9.17, 15) is 0 Å². The maximum absolute atomic E-state index is 4.42. The van der Waals surface area contributed by atoms with Crippen molar-refractivity contribution in [3.8, 4) is 10.4 Å². The molecule has 0 spiro atoms. The summed E-state index contributed by atoms with van der Waals surface area (Å²) in [5.74, 6) is 0. The molecule has 0 amide bonds. The van der Waals surface area contributed by atoms with Crippen molar-refractivity contribution in [1.82, 2.24) is 9.97 Å². The molecule has 86 valence electrons. The number of para-hydroxylation sites is 1. The Kier molecular flexibility index (Phi) is 2.02. The van der Waals surface area contributed by atoms with Crippen molar-refractivity contribution in [1.29, 1.82) is 0 Å². The highest BCUT2D eigenvalue weighted by Crippen LogP contribution is 2.35. The number of fused-ring (bicyclic) bond motifs is 2. The molecule has 1 N–H and O–H groups in total. The third-order valence-electron chi connectivity index (χ3n) is 3.14. The van der Waals surface area contributed by atoms with Gasteiger partial charge in [-0.3, -0.25) is 0 Å². The summed E-state index contributed by atoms with van der Waals surface area (Å²) in [6.45, 7) is 0. The summed E-state index contributed by atoms with van der Waals surface area (Å²) in [6.07, 6.45) is 1.75. The molecule has 18 heavy (non-hydrogen) atoms. The fourth-order valence-electron chi connectivity index (χ4n) is 2.28. The van der Waals surface area contributed by atoms with Crippen LogP contribution < -0.4 is 0 Å². The van der Waals surface area contributed by atoms with Crippen LogP contribution in [-0.2, 0) is 0 Å². The van der Waals surface area contributed by atoms with Crippen LogP contribution in [0, 0.1) is 0 Å². The van der Waals surface area contributed by atoms with E-state index in [1.807, 2.05) is 11.3 Å². The molecule has 2 aromatic carbocycles. The minimum absolute atomic E-state index is 1.05. The van der Waals surface area contributed by atoms with Crippen molar-refractivity contribution in [2.45, 2.75) is 0 Å². The summed E-state index contributed by atoms with van der Waals surface area (Å²) < 4.78 is 1.32. The summed E-state index contributed by atoms with van der Waals surface area (Å²) in [7, 11) is 0. The lowest BCUT2D eigenvalue weighted by atomic mass is 10.1. The molecular weight excluding hydrogens is 240 g/mol. The molecule has 0 saturated heterocycles. The molecule has 0 saturated carbocycles. The predicted molar refractivity (Wildman–Crippen MR) is 76.9 cm³/mol. The van der Waals surface area contributed by atoms with Crippen LogP contribution in [0.2, 0.25) is 0 Å². The molecule has 0 atom stereocenters. The second-order valence-electron chi connectivity index (χ2n) is 4.25. The Morgan fingerprint density at radius 1 is 1.00 bits per heavy atom. The molecule has 0 fully saturated rings. The quantitative estimate of drug-likeness (QED) is 0.531. The minimum atomic E-state index is 1.05. The Morgan fingerprint density at radius 3 is 2.89 bits per heavy atom. The Morgan fingerprint density at radius 2 is 1.94 bits per heavy atom. The number of hydrogen-bond acceptors (Lipinski definition) is 2. The van der Waals surface area contributed by atoms with E-state index in [1.165, 1.54) is 20.5 Å². The van der Waals surface area contributed by atoms with Gasteiger partial charge >= 0.3 is 0 Å². The molecule has 0 unspecified atom stereocenters.